The summed E-state index contributed by atoms with van der Waals surface area (Å²) in [4.78, 5) is 0. The normalized spacial score (nSPS) is 18.2. The van der Waals surface area contributed by atoms with E-state index in [0.717, 1.165) is 0 Å². The first-order valence-corrected chi connectivity index (χ1v) is 9.17. The van der Waals surface area contributed by atoms with E-state index in [1.165, 1.54) is 17.4 Å². The molecule has 0 radical (unpaired) electrons. The Balaban J connectivity index is 2.39. The van der Waals surface area contributed by atoms with Crippen molar-refractivity contribution >= 4 is 31.6 Å². The number of hydrogen-bond acceptors (Lipinski definition) is 4. The molecule has 9 heteroatoms. The maximum absolute atomic E-state index is 11.9. The molecule has 0 bridgehead atoms. The summed E-state index contributed by atoms with van der Waals surface area (Å²) in [6, 6.07) is 4.90. The molecule has 1 aliphatic rings. The number of benzene rings is 1. The summed E-state index contributed by atoms with van der Waals surface area (Å²) in [6.45, 7) is 2.17. The van der Waals surface area contributed by atoms with Crippen LogP contribution >= 0.6 is 0 Å². The van der Waals surface area contributed by atoms with Crippen molar-refractivity contribution in [3.05, 3.63) is 23.8 Å². The van der Waals surface area contributed by atoms with E-state index in [-0.39, 0.29) is 5.75 Å². The van der Waals surface area contributed by atoms with Crippen LogP contribution in [-0.4, -0.2) is 36.2 Å². The lowest BCUT2D eigenvalue weighted by Gasteiger charge is -2.19. The van der Waals surface area contributed by atoms with Gasteiger partial charge in [-0.15, -0.1) is 0 Å². The van der Waals surface area contributed by atoms with Crippen molar-refractivity contribution in [2.75, 3.05) is 28.4 Å². The molecule has 2 rings (SSSR count). The molecule has 0 atom stereocenters. The number of hydrogen-bond donors (Lipinski definition) is 2. The summed E-state index contributed by atoms with van der Waals surface area (Å²) in [5.74, 6) is 0.123. The zero-order valence-electron chi connectivity index (χ0n) is 11.3. The molecule has 1 aromatic rings. The van der Waals surface area contributed by atoms with Gasteiger partial charge >= 0.3 is 0 Å². The Morgan fingerprint density at radius 2 is 2.00 bits per heavy atom. The smallest absolute Gasteiger partial charge is 0.271 e. The quantitative estimate of drug-likeness (QED) is 0.840. The average Bonchev–Trinajstić information content (AvgIpc) is 2.72. The van der Waals surface area contributed by atoms with Crippen LogP contribution < -0.4 is 13.7 Å². The number of anilines is 2. The zero-order valence-corrected chi connectivity index (χ0v) is 12.9. The highest BCUT2D eigenvalue weighted by atomic mass is 32.2. The fraction of sp³-hybridized carbons (Fsp3) is 0.455. The number of nitrogens with zero attached hydrogens (tertiary/aromatic N) is 1. The van der Waals surface area contributed by atoms with Crippen LogP contribution in [0, 0.1) is 6.92 Å². The summed E-state index contributed by atoms with van der Waals surface area (Å²) in [6.07, 6.45) is 0.577. The van der Waals surface area contributed by atoms with Crippen LogP contribution in [0.15, 0.2) is 18.2 Å². The summed E-state index contributed by atoms with van der Waals surface area (Å²) < 4.78 is 52.6. The van der Waals surface area contributed by atoms with Gasteiger partial charge in [0.25, 0.3) is 10.2 Å². The van der Waals surface area contributed by atoms with Crippen molar-refractivity contribution in [3.8, 4) is 0 Å². The second-order valence-electron chi connectivity index (χ2n) is 4.55. The molecule has 1 heterocycles. The average molecular weight is 319 g/mol. The highest BCUT2D eigenvalue weighted by Crippen LogP contribution is 2.28. The monoisotopic (exact) mass is 319 g/mol. The van der Waals surface area contributed by atoms with E-state index >= 15 is 0 Å². The maximum atomic E-state index is 11.9. The van der Waals surface area contributed by atoms with Crippen molar-refractivity contribution in [3.63, 3.8) is 0 Å². The lowest BCUT2D eigenvalue weighted by Crippen LogP contribution is -2.28. The van der Waals surface area contributed by atoms with Gasteiger partial charge in [-0.1, -0.05) is 6.07 Å². The Labute approximate surface area is 119 Å². The van der Waals surface area contributed by atoms with Gasteiger partial charge in [0.2, 0.25) is 10.0 Å². The van der Waals surface area contributed by atoms with Gasteiger partial charge in [-0.2, -0.15) is 8.42 Å². The molecule has 1 aromatic carbocycles. The van der Waals surface area contributed by atoms with Gasteiger partial charge < -0.3 is 0 Å². The third-order valence-corrected chi connectivity index (χ3v) is 6.02. The molecule has 1 saturated heterocycles. The molecule has 0 spiro atoms. The van der Waals surface area contributed by atoms with Crippen molar-refractivity contribution in [2.45, 2.75) is 13.3 Å². The molecular weight excluding hydrogens is 302 g/mol. The standard InChI is InChI=1S/C11H17N3O4S2/c1-9-4-5-10(14-6-3-7-19(14,15)16)8-11(9)13-20(17,18)12-2/h4-5,8,12-13H,3,6-7H2,1-2H3. The first kappa shape index (κ1) is 15.1. The third-order valence-electron chi connectivity index (χ3n) is 3.12. The van der Waals surface area contributed by atoms with Gasteiger partial charge in [-0.25, -0.2) is 13.1 Å². The van der Waals surface area contributed by atoms with Crippen LogP contribution in [0.2, 0.25) is 0 Å². The fourth-order valence-corrected chi connectivity index (χ4v) is 4.17. The van der Waals surface area contributed by atoms with Gasteiger partial charge in [0.15, 0.2) is 0 Å². The first-order chi connectivity index (χ1) is 9.25. The minimum atomic E-state index is -3.63. The van der Waals surface area contributed by atoms with Crippen molar-refractivity contribution < 1.29 is 16.8 Å². The molecule has 1 aliphatic heterocycles. The lowest BCUT2D eigenvalue weighted by molar-refractivity contribution is 0.593. The van der Waals surface area contributed by atoms with Crippen molar-refractivity contribution in [1.82, 2.24) is 4.72 Å². The van der Waals surface area contributed by atoms with E-state index in [1.54, 1.807) is 19.1 Å². The van der Waals surface area contributed by atoms with E-state index in [0.29, 0.717) is 29.9 Å². The molecule has 7 nitrogen and oxygen atoms in total. The summed E-state index contributed by atoms with van der Waals surface area (Å²) in [5.41, 5.74) is 1.55. The van der Waals surface area contributed by atoms with E-state index in [1.807, 2.05) is 0 Å². The Morgan fingerprint density at radius 3 is 2.55 bits per heavy atom. The van der Waals surface area contributed by atoms with Crippen LogP contribution in [0.25, 0.3) is 0 Å². The van der Waals surface area contributed by atoms with Crippen molar-refractivity contribution in [1.29, 1.82) is 0 Å². The van der Waals surface area contributed by atoms with Gasteiger partial charge in [0, 0.05) is 13.6 Å². The number of nitrogens with one attached hydrogen (secondary N) is 2. The predicted octanol–water partition coefficient (Wildman–Crippen LogP) is 0.411. The van der Waals surface area contributed by atoms with Gasteiger partial charge in [-0.05, 0) is 31.0 Å². The minimum absolute atomic E-state index is 0.123. The van der Waals surface area contributed by atoms with E-state index in [4.69, 9.17) is 0 Å². The number of sulfonamides is 1. The topological polar surface area (TPSA) is 95.6 Å². The summed E-state index contributed by atoms with van der Waals surface area (Å²) in [7, 11) is -5.61. The van der Waals surface area contributed by atoms with Crippen LogP contribution in [0.1, 0.15) is 12.0 Å². The molecule has 0 aliphatic carbocycles. The Morgan fingerprint density at radius 1 is 1.30 bits per heavy atom. The van der Waals surface area contributed by atoms with Crippen molar-refractivity contribution in [2.24, 2.45) is 0 Å². The Hall–Kier alpha value is -1.32. The number of rotatable bonds is 4. The molecule has 20 heavy (non-hydrogen) atoms. The predicted molar refractivity (Wildman–Crippen MR) is 78.5 cm³/mol. The third kappa shape index (κ3) is 3.05. The lowest BCUT2D eigenvalue weighted by atomic mass is 10.2. The molecule has 0 saturated carbocycles. The van der Waals surface area contributed by atoms with E-state index < -0.39 is 20.2 Å². The highest BCUT2D eigenvalue weighted by Gasteiger charge is 2.28. The van der Waals surface area contributed by atoms with Crippen LogP contribution in [0.5, 0.6) is 0 Å². The Kier molecular flexibility index (Phi) is 3.94. The largest absolute Gasteiger partial charge is 0.298 e. The summed E-state index contributed by atoms with van der Waals surface area (Å²) >= 11 is 0. The highest BCUT2D eigenvalue weighted by molar-refractivity contribution is 7.93. The number of aryl methyl sites for hydroxylation is 1. The minimum Gasteiger partial charge on any atom is -0.271 e. The molecular formula is C11H17N3O4S2. The summed E-state index contributed by atoms with van der Waals surface area (Å²) in [5, 5.41) is 0. The zero-order chi connectivity index (χ0) is 15.0. The van der Waals surface area contributed by atoms with Gasteiger partial charge in [-0.3, -0.25) is 9.03 Å². The first-order valence-electron chi connectivity index (χ1n) is 6.07. The van der Waals surface area contributed by atoms with Crippen LogP contribution in [0.4, 0.5) is 11.4 Å². The van der Waals surface area contributed by atoms with E-state index in [2.05, 4.69) is 9.44 Å². The SMILES string of the molecule is CNS(=O)(=O)Nc1cc(N2CCCS2(=O)=O)ccc1C. The second-order valence-corrected chi connectivity index (χ2v) is 8.18. The molecule has 0 amide bonds. The van der Waals surface area contributed by atoms with E-state index in [9.17, 15) is 16.8 Å². The van der Waals surface area contributed by atoms with Gasteiger partial charge in [0.05, 0.1) is 17.1 Å². The van der Waals surface area contributed by atoms with Crippen LogP contribution in [0.3, 0.4) is 0 Å². The van der Waals surface area contributed by atoms with Gasteiger partial charge in [0.1, 0.15) is 0 Å². The molecule has 1 fully saturated rings. The molecule has 0 unspecified atom stereocenters. The molecule has 0 aromatic heterocycles. The van der Waals surface area contributed by atoms with Crippen LogP contribution in [-0.2, 0) is 20.2 Å². The second kappa shape index (κ2) is 5.23. The maximum Gasteiger partial charge on any atom is 0.298 e. The molecule has 112 valence electrons. The fourth-order valence-electron chi connectivity index (χ4n) is 2.00. The molecule has 2 N–H and O–H groups in total. The Bertz CT molecular complexity index is 713.